The third kappa shape index (κ3) is 6.78. The lowest BCUT2D eigenvalue weighted by Gasteiger charge is -2.01. The molecule has 4 heteroatoms. The van der Waals surface area contributed by atoms with Gasteiger partial charge in [-0.05, 0) is 13.0 Å². The molecule has 0 spiro atoms. The van der Waals surface area contributed by atoms with Gasteiger partial charge in [0.2, 0.25) is 5.91 Å². The Labute approximate surface area is 72.3 Å². The number of carbonyl (C=O) groups excluding carboxylic acids is 1. The summed E-state index contributed by atoms with van der Waals surface area (Å²) in [7, 11) is 0. The summed E-state index contributed by atoms with van der Waals surface area (Å²) in [6, 6.07) is 1.82. The van der Waals surface area contributed by atoms with Crippen molar-refractivity contribution in [2.45, 2.75) is 6.42 Å². The van der Waals surface area contributed by atoms with Crippen LogP contribution in [-0.2, 0) is 4.79 Å². The Hall–Kier alpha value is -1.34. The van der Waals surface area contributed by atoms with Gasteiger partial charge in [-0.1, -0.05) is 6.08 Å². The summed E-state index contributed by atoms with van der Waals surface area (Å²) in [5.74, 6) is -0.152. The Kier molecular flexibility index (Phi) is 6.90. The first-order valence-corrected chi connectivity index (χ1v) is 3.76. The maximum absolute atomic E-state index is 10.8. The van der Waals surface area contributed by atoms with E-state index < -0.39 is 0 Å². The molecule has 0 aromatic rings. The summed E-state index contributed by atoms with van der Waals surface area (Å²) in [5, 5.41) is 13.4. The fourth-order valence-electron chi connectivity index (χ4n) is 0.607. The van der Waals surface area contributed by atoms with E-state index in [2.05, 4.69) is 17.2 Å². The number of nitriles is 1. The van der Waals surface area contributed by atoms with Crippen LogP contribution in [0.5, 0.6) is 0 Å². The lowest BCUT2D eigenvalue weighted by atomic mass is 10.4. The standard InChI is InChI=1S/C8H13N3O/c1-2-3-5-10-7-8(12)11-6-4-9/h2,10H,1,3,5-7H2,(H,11,12). The Balaban J connectivity index is 3.20. The number of nitrogens with zero attached hydrogens (tertiary/aromatic N) is 1. The Bertz CT molecular complexity index is 183. The predicted octanol–water partition coefficient (Wildman–Crippen LogP) is -0.208. The van der Waals surface area contributed by atoms with Gasteiger partial charge in [-0.15, -0.1) is 6.58 Å². The van der Waals surface area contributed by atoms with Crippen molar-refractivity contribution in [1.82, 2.24) is 10.6 Å². The highest BCUT2D eigenvalue weighted by atomic mass is 16.1. The predicted molar refractivity (Wildman–Crippen MR) is 46.3 cm³/mol. The van der Waals surface area contributed by atoms with Gasteiger partial charge in [-0.25, -0.2) is 0 Å². The van der Waals surface area contributed by atoms with Crippen LogP contribution >= 0.6 is 0 Å². The quantitative estimate of drug-likeness (QED) is 0.327. The van der Waals surface area contributed by atoms with Crippen LogP contribution in [0.3, 0.4) is 0 Å². The van der Waals surface area contributed by atoms with Crippen molar-refractivity contribution in [3.05, 3.63) is 12.7 Å². The van der Waals surface area contributed by atoms with Gasteiger partial charge < -0.3 is 10.6 Å². The van der Waals surface area contributed by atoms with E-state index in [9.17, 15) is 4.79 Å². The minimum Gasteiger partial charge on any atom is -0.342 e. The number of hydrogen-bond acceptors (Lipinski definition) is 3. The van der Waals surface area contributed by atoms with Gasteiger partial charge in [0, 0.05) is 0 Å². The van der Waals surface area contributed by atoms with E-state index in [4.69, 9.17) is 5.26 Å². The molecule has 2 N–H and O–H groups in total. The third-order valence-electron chi connectivity index (χ3n) is 1.18. The zero-order chi connectivity index (χ0) is 9.23. The molecule has 4 nitrogen and oxygen atoms in total. The Morgan fingerprint density at radius 3 is 3.00 bits per heavy atom. The van der Waals surface area contributed by atoms with E-state index in [1.807, 2.05) is 6.07 Å². The summed E-state index contributed by atoms with van der Waals surface area (Å²) in [6.45, 7) is 4.61. The fraction of sp³-hybridized carbons (Fsp3) is 0.500. The molecule has 0 aliphatic heterocycles. The maximum atomic E-state index is 10.8. The number of amides is 1. The van der Waals surface area contributed by atoms with Crippen molar-refractivity contribution in [2.24, 2.45) is 0 Å². The van der Waals surface area contributed by atoms with Crippen molar-refractivity contribution in [1.29, 1.82) is 5.26 Å². The van der Waals surface area contributed by atoms with Gasteiger partial charge in [0.25, 0.3) is 0 Å². The van der Waals surface area contributed by atoms with E-state index >= 15 is 0 Å². The lowest BCUT2D eigenvalue weighted by molar-refractivity contribution is -0.120. The maximum Gasteiger partial charge on any atom is 0.234 e. The van der Waals surface area contributed by atoms with E-state index in [0.29, 0.717) is 0 Å². The smallest absolute Gasteiger partial charge is 0.234 e. The monoisotopic (exact) mass is 167 g/mol. The van der Waals surface area contributed by atoms with Crippen molar-refractivity contribution >= 4 is 5.91 Å². The van der Waals surface area contributed by atoms with E-state index in [0.717, 1.165) is 13.0 Å². The second-order valence-corrected chi connectivity index (χ2v) is 2.19. The van der Waals surface area contributed by atoms with Crippen molar-refractivity contribution in [3.63, 3.8) is 0 Å². The first-order valence-electron chi connectivity index (χ1n) is 3.76. The minimum absolute atomic E-state index is 0.0714. The largest absolute Gasteiger partial charge is 0.342 e. The van der Waals surface area contributed by atoms with Crippen LogP contribution in [0.1, 0.15) is 6.42 Å². The minimum atomic E-state index is -0.152. The number of hydrogen-bond donors (Lipinski definition) is 2. The molecule has 0 heterocycles. The number of carbonyl (C=O) groups is 1. The molecule has 0 aromatic heterocycles. The van der Waals surface area contributed by atoms with Gasteiger partial charge in [0.15, 0.2) is 0 Å². The zero-order valence-electron chi connectivity index (χ0n) is 6.97. The van der Waals surface area contributed by atoms with Crippen molar-refractivity contribution in [3.8, 4) is 6.07 Å². The summed E-state index contributed by atoms with van der Waals surface area (Å²) in [5.41, 5.74) is 0. The molecule has 0 unspecified atom stereocenters. The van der Waals surface area contributed by atoms with Crippen molar-refractivity contribution in [2.75, 3.05) is 19.6 Å². The zero-order valence-corrected chi connectivity index (χ0v) is 6.97. The SMILES string of the molecule is C=CCCNCC(=O)NCC#N. The van der Waals surface area contributed by atoms with Crippen LogP contribution in [0.4, 0.5) is 0 Å². The molecule has 1 amide bonds. The molecular weight excluding hydrogens is 154 g/mol. The molecule has 0 radical (unpaired) electrons. The Morgan fingerprint density at radius 2 is 2.42 bits per heavy atom. The second kappa shape index (κ2) is 7.76. The molecule has 0 aromatic carbocycles. The Morgan fingerprint density at radius 1 is 1.67 bits per heavy atom. The summed E-state index contributed by atoms with van der Waals surface area (Å²) in [6.07, 6.45) is 2.62. The van der Waals surface area contributed by atoms with E-state index in [1.54, 1.807) is 6.08 Å². The van der Waals surface area contributed by atoms with E-state index in [-0.39, 0.29) is 19.0 Å². The third-order valence-corrected chi connectivity index (χ3v) is 1.18. The highest BCUT2D eigenvalue weighted by Gasteiger charge is 1.96. The van der Waals surface area contributed by atoms with Crippen LogP contribution in [0.15, 0.2) is 12.7 Å². The summed E-state index contributed by atoms with van der Waals surface area (Å²) < 4.78 is 0. The second-order valence-electron chi connectivity index (χ2n) is 2.19. The van der Waals surface area contributed by atoms with Crippen molar-refractivity contribution < 1.29 is 4.79 Å². The average Bonchev–Trinajstić information content (AvgIpc) is 2.09. The van der Waals surface area contributed by atoms with Crippen LogP contribution < -0.4 is 10.6 Å². The summed E-state index contributed by atoms with van der Waals surface area (Å²) >= 11 is 0. The highest BCUT2D eigenvalue weighted by Crippen LogP contribution is 1.74. The van der Waals surface area contributed by atoms with Crippen LogP contribution in [0, 0.1) is 11.3 Å². The molecular formula is C8H13N3O. The van der Waals surface area contributed by atoms with Gasteiger partial charge >= 0.3 is 0 Å². The molecule has 12 heavy (non-hydrogen) atoms. The number of nitrogens with one attached hydrogen (secondary N) is 2. The fourth-order valence-corrected chi connectivity index (χ4v) is 0.607. The van der Waals surface area contributed by atoms with Crippen LogP contribution in [0.2, 0.25) is 0 Å². The molecule has 0 bridgehead atoms. The molecule has 0 aliphatic rings. The molecule has 66 valence electrons. The van der Waals surface area contributed by atoms with Gasteiger partial charge in [0.05, 0.1) is 12.6 Å². The van der Waals surface area contributed by atoms with Gasteiger partial charge in [-0.2, -0.15) is 5.26 Å². The molecule has 0 atom stereocenters. The molecule has 0 saturated carbocycles. The normalized spacial score (nSPS) is 8.58. The molecule has 0 aliphatic carbocycles. The van der Waals surface area contributed by atoms with Crippen LogP contribution in [-0.4, -0.2) is 25.5 Å². The number of rotatable bonds is 6. The summed E-state index contributed by atoms with van der Waals surface area (Å²) in [4.78, 5) is 10.8. The lowest BCUT2D eigenvalue weighted by Crippen LogP contribution is -2.34. The topological polar surface area (TPSA) is 64.9 Å². The van der Waals surface area contributed by atoms with Gasteiger partial charge in [-0.3, -0.25) is 4.79 Å². The molecule has 0 saturated heterocycles. The molecule has 0 fully saturated rings. The average molecular weight is 167 g/mol. The molecule has 0 rings (SSSR count). The first kappa shape index (κ1) is 10.7. The van der Waals surface area contributed by atoms with Crippen LogP contribution in [0.25, 0.3) is 0 Å². The highest BCUT2D eigenvalue weighted by molar-refractivity contribution is 5.78. The van der Waals surface area contributed by atoms with Gasteiger partial charge in [0.1, 0.15) is 6.54 Å². The first-order chi connectivity index (χ1) is 5.81. The van der Waals surface area contributed by atoms with E-state index in [1.165, 1.54) is 0 Å².